The summed E-state index contributed by atoms with van der Waals surface area (Å²) in [5.74, 6) is -0.330. The van der Waals surface area contributed by atoms with Crippen molar-refractivity contribution in [3.8, 4) is 0 Å². The maximum atomic E-state index is 13.5. The summed E-state index contributed by atoms with van der Waals surface area (Å²) in [7, 11) is -3.83. The van der Waals surface area contributed by atoms with Gasteiger partial charge >= 0.3 is 0 Å². The van der Waals surface area contributed by atoms with Gasteiger partial charge in [-0.25, -0.2) is 17.5 Å². The van der Waals surface area contributed by atoms with Crippen molar-refractivity contribution in [2.45, 2.75) is 30.6 Å². The number of sulfonamides is 1. The summed E-state index contributed by atoms with van der Waals surface area (Å²) >= 11 is 16.7. The van der Waals surface area contributed by atoms with E-state index in [1.54, 1.807) is 0 Å². The van der Waals surface area contributed by atoms with Crippen molar-refractivity contribution in [3.63, 3.8) is 0 Å². The number of nitrogens with one attached hydrogen (secondary N) is 1. The molecule has 0 aliphatic carbocycles. The molecular weight excluding hydrogens is 348 g/mol. The second kappa shape index (κ2) is 8.39. The molecule has 1 N–H and O–H groups in total. The SMILES string of the molecule is O=S(=O)(NCCCCCCCl)c1ccc(Cl)c(F)c1Cl. The molecule has 0 radical (unpaired) electrons. The van der Waals surface area contributed by atoms with Crippen LogP contribution in [0.2, 0.25) is 10.0 Å². The van der Waals surface area contributed by atoms with Gasteiger partial charge in [-0.3, -0.25) is 0 Å². The summed E-state index contributed by atoms with van der Waals surface area (Å²) in [5.41, 5.74) is 0. The van der Waals surface area contributed by atoms with E-state index >= 15 is 0 Å². The molecule has 0 amide bonds. The lowest BCUT2D eigenvalue weighted by atomic mass is 10.2. The monoisotopic (exact) mass is 361 g/mol. The van der Waals surface area contributed by atoms with Crippen molar-refractivity contribution < 1.29 is 12.8 Å². The quantitative estimate of drug-likeness (QED) is 0.428. The summed E-state index contributed by atoms with van der Waals surface area (Å²) in [6.07, 6.45) is 3.41. The fourth-order valence-corrected chi connectivity index (χ4v) is 3.58. The highest BCUT2D eigenvalue weighted by molar-refractivity contribution is 7.89. The molecule has 0 fully saturated rings. The van der Waals surface area contributed by atoms with Gasteiger partial charge in [0.2, 0.25) is 10.0 Å². The zero-order chi connectivity index (χ0) is 15.2. The van der Waals surface area contributed by atoms with E-state index in [0.29, 0.717) is 12.3 Å². The topological polar surface area (TPSA) is 46.2 Å². The van der Waals surface area contributed by atoms with E-state index in [1.165, 1.54) is 6.07 Å². The van der Waals surface area contributed by atoms with Crippen LogP contribution in [0.1, 0.15) is 25.7 Å². The van der Waals surface area contributed by atoms with E-state index in [4.69, 9.17) is 34.8 Å². The van der Waals surface area contributed by atoms with Crippen LogP contribution in [0, 0.1) is 5.82 Å². The molecule has 1 aromatic rings. The number of benzene rings is 1. The van der Waals surface area contributed by atoms with E-state index in [-0.39, 0.29) is 16.5 Å². The van der Waals surface area contributed by atoms with Crippen molar-refractivity contribution in [2.75, 3.05) is 12.4 Å². The molecule has 1 aromatic carbocycles. The van der Waals surface area contributed by atoms with Gasteiger partial charge in [0, 0.05) is 12.4 Å². The Hall–Kier alpha value is -0.0700. The fraction of sp³-hybridized carbons (Fsp3) is 0.500. The van der Waals surface area contributed by atoms with E-state index in [2.05, 4.69) is 4.72 Å². The Labute approximate surface area is 133 Å². The van der Waals surface area contributed by atoms with E-state index in [0.717, 1.165) is 25.3 Å². The number of alkyl halides is 1. The molecule has 114 valence electrons. The van der Waals surface area contributed by atoms with Gasteiger partial charge in [-0.1, -0.05) is 36.0 Å². The van der Waals surface area contributed by atoms with Gasteiger partial charge in [0.1, 0.15) is 4.90 Å². The average molecular weight is 363 g/mol. The highest BCUT2D eigenvalue weighted by atomic mass is 35.5. The molecule has 0 saturated heterocycles. The first kappa shape index (κ1) is 18.0. The Morgan fingerprint density at radius 1 is 1.10 bits per heavy atom. The zero-order valence-corrected chi connectivity index (χ0v) is 13.7. The van der Waals surface area contributed by atoms with Crippen molar-refractivity contribution in [1.82, 2.24) is 4.72 Å². The first-order valence-corrected chi connectivity index (χ1v) is 8.86. The van der Waals surface area contributed by atoms with Gasteiger partial charge in [0.25, 0.3) is 0 Å². The Balaban J connectivity index is 2.63. The lowest BCUT2D eigenvalue weighted by molar-refractivity contribution is 0.571. The normalized spacial score (nSPS) is 11.8. The third-order valence-electron chi connectivity index (χ3n) is 2.64. The number of halogens is 4. The van der Waals surface area contributed by atoms with Crippen LogP contribution in [0.4, 0.5) is 4.39 Å². The highest BCUT2D eigenvalue weighted by Crippen LogP contribution is 2.29. The molecule has 8 heteroatoms. The maximum absolute atomic E-state index is 13.5. The second-order valence-corrected chi connectivity index (χ2v) is 7.07. The Kier molecular flexibility index (Phi) is 7.54. The first-order valence-electron chi connectivity index (χ1n) is 6.09. The molecule has 20 heavy (non-hydrogen) atoms. The molecule has 0 saturated carbocycles. The van der Waals surface area contributed by atoms with Crippen molar-refractivity contribution in [2.24, 2.45) is 0 Å². The van der Waals surface area contributed by atoms with E-state index in [9.17, 15) is 12.8 Å². The predicted octanol–water partition coefficient (Wildman–Crippen LogP) is 4.21. The molecule has 0 aliphatic rings. The third-order valence-corrected chi connectivity index (χ3v) is 5.19. The van der Waals surface area contributed by atoms with Crippen LogP contribution in [0.15, 0.2) is 17.0 Å². The second-order valence-electron chi connectivity index (χ2n) is 4.17. The van der Waals surface area contributed by atoms with Gasteiger partial charge < -0.3 is 0 Å². The summed E-state index contributed by atoms with van der Waals surface area (Å²) in [4.78, 5) is -0.304. The van der Waals surface area contributed by atoms with Crippen molar-refractivity contribution >= 4 is 44.8 Å². The summed E-state index contributed by atoms with van der Waals surface area (Å²) < 4.78 is 39.8. The predicted molar refractivity (Wildman–Crippen MR) is 80.8 cm³/mol. The molecule has 0 aliphatic heterocycles. The van der Waals surface area contributed by atoms with E-state index < -0.39 is 20.9 Å². The summed E-state index contributed by atoms with van der Waals surface area (Å²) in [6, 6.07) is 2.35. The van der Waals surface area contributed by atoms with Gasteiger partial charge in [-0.05, 0) is 25.0 Å². The van der Waals surface area contributed by atoms with Gasteiger partial charge in [0.05, 0.1) is 10.0 Å². The zero-order valence-electron chi connectivity index (χ0n) is 10.6. The lowest BCUT2D eigenvalue weighted by Gasteiger charge is -2.09. The largest absolute Gasteiger partial charge is 0.242 e. The van der Waals surface area contributed by atoms with Crippen LogP contribution in [0.25, 0.3) is 0 Å². The molecule has 0 heterocycles. The highest BCUT2D eigenvalue weighted by Gasteiger charge is 2.21. The summed E-state index contributed by atoms with van der Waals surface area (Å²) in [6.45, 7) is 0.269. The van der Waals surface area contributed by atoms with Gasteiger partial charge in [-0.2, -0.15) is 0 Å². The Bertz CT molecular complexity index is 552. The minimum absolute atomic E-state index is 0.213. The number of hydrogen-bond acceptors (Lipinski definition) is 2. The number of unbranched alkanes of at least 4 members (excludes halogenated alkanes) is 3. The Morgan fingerprint density at radius 2 is 1.75 bits per heavy atom. The molecular formula is C12H15Cl3FNO2S. The van der Waals surface area contributed by atoms with Crippen LogP contribution in [0.5, 0.6) is 0 Å². The number of rotatable bonds is 8. The third kappa shape index (κ3) is 5.04. The van der Waals surface area contributed by atoms with Gasteiger partial charge in [0.15, 0.2) is 5.82 Å². The minimum Gasteiger partial charge on any atom is -0.211 e. The summed E-state index contributed by atoms with van der Waals surface area (Å²) in [5, 5.41) is -0.706. The lowest BCUT2D eigenvalue weighted by Crippen LogP contribution is -2.25. The molecule has 1 rings (SSSR count). The molecule has 3 nitrogen and oxygen atoms in total. The van der Waals surface area contributed by atoms with E-state index in [1.807, 2.05) is 0 Å². The molecule has 0 aromatic heterocycles. The maximum Gasteiger partial charge on any atom is 0.242 e. The van der Waals surface area contributed by atoms with Crippen molar-refractivity contribution in [3.05, 3.63) is 28.0 Å². The minimum atomic E-state index is -3.83. The van der Waals surface area contributed by atoms with Crippen LogP contribution < -0.4 is 4.72 Å². The Morgan fingerprint density at radius 3 is 2.40 bits per heavy atom. The molecule has 0 bridgehead atoms. The average Bonchev–Trinajstić information content (AvgIpc) is 2.39. The smallest absolute Gasteiger partial charge is 0.211 e. The molecule has 0 atom stereocenters. The van der Waals surface area contributed by atoms with Crippen LogP contribution in [-0.2, 0) is 10.0 Å². The van der Waals surface area contributed by atoms with Crippen LogP contribution in [0.3, 0.4) is 0 Å². The van der Waals surface area contributed by atoms with Gasteiger partial charge in [-0.15, -0.1) is 11.6 Å². The van der Waals surface area contributed by atoms with Crippen LogP contribution >= 0.6 is 34.8 Å². The van der Waals surface area contributed by atoms with Crippen molar-refractivity contribution in [1.29, 1.82) is 0 Å². The number of hydrogen-bond donors (Lipinski definition) is 1. The standard InChI is InChI=1S/C12H15Cl3FNO2S/c13-7-3-1-2-4-8-17-20(18,19)10-6-5-9(14)12(16)11(10)15/h5-6,17H,1-4,7-8H2. The fourth-order valence-electron chi connectivity index (χ4n) is 1.57. The molecule has 0 unspecified atom stereocenters. The first-order chi connectivity index (χ1) is 9.40. The molecule has 0 spiro atoms. The van der Waals surface area contributed by atoms with Crippen LogP contribution in [-0.4, -0.2) is 20.8 Å².